The predicted molar refractivity (Wildman–Crippen MR) is 83.3 cm³/mol. The summed E-state index contributed by atoms with van der Waals surface area (Å²) in [6.07, 6.45) is 0. The summed E-state index contributed by atoms with van der Waals surface area (Å²) >= 11 is 0. The predicted octanol–water partition coefficient (Wildman–Crippen LogP) is 0.937. The Morgan fingerprint density at radius 3 is 2.29 bits per heavy atom. The molecule has 2 N–H and O–H groups in total. The van der Waals surface area contributed by atoms with Gasteiger partial charge in [0.2, 0.25) is 0 Å². The van der Waals surface area contributed by atoms with Gasteiger partial charge in [-0.25, -0.2) is 0 Å². The van der Waals surface area contributed by atoms with E-state index >= 15 is 0 Å². The topological polar surface area (TPSA) is 75.9 Å². The summed E-state index contributed by atoms with van der Waals surface area (Å²) in [6, 6.07) is 7.17. The van der Waals surface area contributed by atoms with Crippen LogP contribution in [0.2, 0.25) is 0 Å². The van der Waals surface area contributed by atoms with Gasteiger partial charge < -0.3 is 10.5 Å². The van der Waals surface area contributed by atoms with E-state index in [0.717, 1.165) is 5.56 Å². The molecule has 0 spiro atoms. The standard InChI is InChI=1S/C14H23N3O3S/c1-12(2)17(14-5-3-13(11-15)4-6-14)21(18,19)16-7-9-20-10-8-16/h3-6,12H,7-11,15H2,1-2H3. The van der Waals surface area contributed by atoms with Crippen LogP contribution in [0.1, 0.15) is 19.4 Å². The van der Waals surface area contributed by atoms with Gasteiger partial charge in [-0.05, 0) is 31.5 Å². The van der Waals surface area contributed by atoms with Gasteiger partial charge in [-0.1, -0.05) is 12.1 Å². The lowest BCUT2D eigenvalue weighted by Crippen LogP contribution is -2.51. The van der Waals surface area contributed by atoms with Crippen molar-refractivity contribution in [1.29, 1.82) is 0 Å². The molecule has 1 fully saturated rings. The van der Waals surface area contributed by atoms with Crippen molar-refractivity contribution in [3.63, 3.8) is 0 Å². The molecule has 2 rings (SSSR count). The maximum atomic E-state index is 12.9. The van der Waals surface area contributed by atoms with Crippen molar-refractivity contribution in [3.8, 4) is 0 Å². The second kappa shape index (κ2) is 6.74. The molecule has 6 nitrogen and oxygen atoms in total. The van der Waals surface area contributed by atoms with Gasteiger partial charge in [-0.15, -0.1) is 0 Å². The molecule has 118 valence electrons. The lowest BCUT2D eigenvalue weighted by atomic mass is 10.2. The van der Waals surface area contributed by atoms with Crippen molar-refractivity contribution in [2.75, 3.05) is 30.6 Å². The normalized spacial score (nSPS) is 17.1. The van der Waals surface area contributed by atoms with E-state index in [1.165, 1.54) is 8.61 Å². The summed E-state index contributed by atoms with van der Waals surface area (Å²) in [5, 5.41) is 0. The highest BCUT2D eigenvalue weighted by molar-refractivity contribution is 7.90. The first-order valence-electron chi connectivity index (χ1n) is 7.13. The summed E-state index contributed by atoms with van der Waals surface area (Å²) in [5.41, 5.74) is 7.22. The summed E-state index contributed by atoms with van der Waals surface area (Å²) in [7, 11) is -3.54. The molecule has 0 bridgehead atoms. The van der Waals surface area contributed by atoms with Gasteiger partial charge in [0.05, 0.1) is 18.9 Å². The van der Waals surface area contributed by atoms with Crippen LogP contribution in [0.4, 0.5) is 5.69 Å². The van der Waals surface area contributed by atoms with Crippen LogP contribution < -0.4 is 10.0 Å². The first kappa shape index (κ1) is 16.2. The van der Waals surface area contributed by atoms with Crippen molar-refractivity contribution < 1.29 is 13.2 Å². The minimum Gasteiger partial charge on any atom is -0.379 e. The van der Waals surface area contributed by atoms with Crippen molar-refractivity contribution in [2.45, 2.75) is 26.4 Å². The zero-order chi connectivity index (χ0) is 15.5. The highest BCUT2D eigenvalue weighted by Crippen LogP contribution is 2.24. The second-order valence-corrected chi connectivity index (χ2v) is 7.08. The zero-order valence-corrected chi connectivity index (χ0v) is 13.3. The van der Waals surface area contributed by atoms with Crippen LogP contribution >= 0.6 is 0 Å². The summed E-state index contributed by atoms with van der Waals surface area (Å²) in [5.74, 6) is 0. The molecule has 21 heavy (non-hydrogen) atoms. The van der Waals surface area contributed by atoms with Crippen LogP contribution in [0.15, 0.2) is 24.3 Å². The monoisotopic (exact) mass is 313 g/mol. The first-order valence-corrected chi connectivity index (χ1v) is 8.52. The molecule has 1 saturated heterocycles. The summed E-state index contributed by atoms with van der Waals surface area (Å²) < 4.78 is 33.9. The van der Waals surface area contributed by atoms with Crippen molar-refractivity contribution in [2.24, 2.45) is 5.73 Å². The molecule has 0 atom stereocenters. The second-order valence-electron chi connectivity index (χ2n) is 5.28. The highest BCUT2D eigenvalue weighted by atomic mass is 32.2. The lowest BCUT2D eigenvalue weighted by molar-refractivity contribution is 0.0728. The van der Waals surface area contributed by atoms with E-state index in [-0.39, 0.29) is 6.04 Å². The van der Waals surface area contributed by atoms with E-state index in [1.54, 1.807) is 12.1 Å². The summed E-state index contributed by atoms with van der Waals surface area (Å²) in [6.45, 7) is 5.86. The Hall–Kier alpha value is -1.15. The van der Waals surface area contributed by atoms with E-state index in [9.17, 15) is 8.42 Å². The number of benzene rings is 1. The van der Waals surface area contributed by atoms with Gasteiger partial charge in [0.1, 0.15) is 0 Å². The van der Waals surface area contributed by atoms with Gasteiger partial charge in [0.15, 0.2) is 0 Å². The van der Waals surface area contributed by atoms with Gasteiger partial charge in [0, 0.05) is 25.7 Å². The lowest BCUT2D eigenvalue weighted by Gasteiger charge is -2.35. The van der Waals surface area contributed by atoms with Crippen LogP contribution in [0.3, 0.4) is 0 Å². The average molecular weight is 313 g/mol. The average Bonchev–Trinajstić information content (AvgIpc) is 2.48. The van der Waals surface area contributed by atoms with Crippen molar-refractivity contribution in [3.05, 3.63) is 29.8 Å². The fraction of sp³-hybridized carbons (Fsp3) is 0.571. The molecule has 1 aromatic rings. The molecule has 1 aliphatic rings. The molecular formula is C14H23N3O3S. The number of hydrogen-bond donors (Lipinski definition) is 1. The maximum absolute atomic E-state index is 12.9. The van der Waals surface area contributed by atoms with Crippen LogP contribution in [-0.4, -0.2) is 45.1 Å². The zero-order valence-electron chi connectivity index (χ0n) is 12.5. The third-order valence-corrected chi connectivity index (χ3v) is 5.59. The third kappa shape index (κ3) is 3.55. The smallest absolute Gasteiger partial charge is 0.304 e. The number of rotatable bonds is 5. The number of nitrogens with zero attached hydrogens (tertiary/aromatic N) is 2. The maximum Gasteiger partial charge on any atom is 0.304 e. The van der Waals surface area contributed by atoms with Crippen molar-refractivity contribution >= 4 is 15.9 Å². The Balaban J connectivity index is 2.32. The molecule has 0 aliphatic carbocycles. The van der Waals surface area contributed by atoms with Crippen LogP contribution in [0, 0.1) is 0 Å². The minimum atomic E-state index is -3.54. The molecular weight excluding hydrogens is 290 g/mol. The molecule has 0 radical (unpaired) electrons. The number of hydrogen-bond acceptors (Lipinski definition) is 4. The fourth-order valence-corrected chi connectivity index (χ4v) is 4.16. The molecule has 1 aliphatic heterocycles. The van der Waals surface area contributed by atoms with E-state index in [0.29, 0.717) is 38.5 Å². The fourth-order valence-electron chi connectivity index (χ4n) is 2.38. The van der Waals surface area contributed by atoms with E-state index in [2.05, 4.69) is 0 Å². The quantitative estimate of drug-likeness (QED) is 0.877. The molecule has 1 aromatic carbocycles. The van der Waals surface area contributed by atoms with Crippen molar-refractivity contribution in [1.82, 2.24) is 4.31 Å². The molecule has 1 heterocycles. The SMILES string of the molecule is CC(C)N(c1ccc(CN)cc1)S(=O)(=O)N1CCOCC1. The third-order valence-electron chi connectivity index (χ3n) is 3.44. The van der Waals surface area contributed by atoms with Crippen LogP contribution in [0.5, 0.6) is 0 Å². The van der Waals surface area contributed by atoms with E-state index in [4.69, 9.17) is 10.5 Å². The van der Waals surface area contributed by atoms with Gasteiger partial charge in [-0.3, -0.25) is 4.31 Å². The molecule has 0 aromatic heterocycles. The number of ether oxygens (including phenoxy) is 1. The Morgan fingerprint density at radius 1 is 1.24 bits per heavy atom. The molecule has 7 heteroatoms. The summed E-state index contributed by atoms with van der Waals surface area (Å²) in [4.78, 5) is 0. The van der Waals surface area contributed by atoms with Gasteiger partial charge in [-0.2, -0.15) is 12.7 Å². The molecule has 0 amide bonds. The number of anilines is 1. The van der Waals surface area contributed by atoms with Crippen LogP contribution in [0.25, 0.3) is 0 Å². The molecule has 0 unspecified atom stereocenters. The van der Waals surface area contributed by atoms with E-state index < -0.39 is 10.2 Å². The largest absolute Gasteiger partial charge is 0.379 e. The van der Waals surface area contributed by atoms with Crippen LogP contribution in [-0.2, 0) is 21.5 Å². The Bertz CT molecular complexity index is 551. The van der Waals surface area contributed by atoms with Gasteiger partial charge in [0.25, 0.3) is 0 Å². The molecule has 0 saturated carbocycles. The Kier molecular flexibility index (Phi) is 5.21. The Labute approximate surface area is 126 Å². The van der Waals surface area contributed by atoms with E-state index in [1.807, 2.05) is 26.0 Å². The highest BCUT2D eigenvalue weighted by Gasteiger charge is 2.32. The number of nitrogens with two attached hydrogens (primary N) is 1. The number of morpholine rings is 1. The Morgan fingerprint density at radius 2 is 1.81 bits per heavy atom. The minimum absolute atomic E-state index is 0.165. The first-order chi connectivity index (χ1) is 9.96. The van der Waals surface area contributed by atoms with Gasteiger partial charge >= 0.3 is 10.2 Å².